The molecule has 0 bridgehead atoms. The van der Waals surface area contributed by atoms with Gasteiger partial charge in [0, 0.05) is 42.9 Å². The van der Waals surface area contributed by atoms with Crippen LogP contribution in [0.5, 0.6) is 0 Å². The second kappa shape index (κ2) is 14.3. The number of hydrogen-bond acceptors (Lipinski definition) is 5. The van der Waals surface area contributed by atoms with E-state index in [1.54, 1.807) is 36.8 Å². The van der Waals surface area contributed by atoms with Crippen molar-refractivity contribution in [1.29, 1.82) is 0 Å². The van der Waals surface area contributed by atoms with E-state index < -0.39 is 15.9 Å². The van der Waals surface area contributed by atoms with Crippen LogP contribution < -0.4 is 5.32 Å². The number of halogens is 2. The fourth-order valence-corrected chi connectivity index (χ4v) is 5.73. The third-order valence-electron chi connectivity index (χ3n) is 7.38. The van der Waals surface area contributed by atoms with E-state index in [2.05, 4.69) is 10.3 Å². The number of anilines is 1. The van der Waals surface area contributed by atoms with Crippen molar-refractivity contribution in [3.05, 3.63) is 144 Å². The van der Waals surface area contributed by atoms with E-state index in [4.69, 9.17) is 0 Å². The summed E-state index contributed by atoms with van der Waals surface area (Å²) in [6, 6.07) is 26.5. The maximum atomic E-state index is 13.9. The highest BCUT2D eigenvalue weighted by atomic mass is 32.2. The van der Waals surface area contributed by atoms with Crippen LogP contribution in [0.3, 0.4) is 0 Å². The zero-order valence-corrected chi connectivity index (χ0v) is 25.6. The van der Waals surface area contributed by atoms with Crippen LogP contribution in [0.1, 0.15) is 23.1 Å². The average Bonchev–Trinajstić information content (AvgIpc) is 3.53. The van der Waals surface area contributed by atoms with Gasteiger partial charge in [-0.25, -0.2) is 22.2 Å². The highest BCUT2D eigenvalue weighted by Gasteiger charge is 2.22. The molecular formula is C36H33F2N3O3S. The summed E-state index contributed by atoms with van der Waals surface area (Å²) in [4.78, 5) is 17.7. The first-order chi connectivity index (χ1) is 21.6. The Morgan fingerprint density at radius 2 is 1.62 bits per heavy atom. The first kappa shape index (κ1) is 31.5. The normalized spacial score (nSPS) is 12.6. The van der Waals surface area contributed by atoms with E-state index in [0.29, 0.717) is 23.4 Å². The minimum absolute atomic E-state index is 0.0919. The van der Waals surface area contributed by atoms with Crippen LogP contribution in [0.25, 0.3) is 22.8 Å². The molecule has 0 spiro atoms. The number of ketones is 1. The maximum Gasteiger partial charge on any atom is 0.159 e. The summed E-state index contributed by atoms with van der Waals surface area (Å²) in [6.07, 6.45) is 8.62. The molecule has 0 saturated carbocycles. The van der Waals surface area contributed by atoms with Gasteiger partial charge in [0.2, 0.25) is 0 Å². The number of nitrogens with zero attached hydrogens (tertiary/aromatic N) is 2. The van der Waals surface area contributed by atoms with Crippen molar-refractivity contribution in [2.24, 2.45) is 0 Å². The van der Waals surface area contributed by atoms with E-state index in [1.165, 1.54) is 24.3 Å². The van der Waals surface area contributed by atoms with Crippen LogP contribution in [0.2, 0.25) is 0 Å². The van der Waals surface area contributed by atoms with E-state index in [0.717, 1.165) is 28.5 Å². The third-order valence-corrected chi connectivity index (χ3v) is 8.36. The van der Waals surface area contributed by atoms with Crippen LogP contribution in [-0.2, 0) is 27.6 Å². The molecule has 9 heteroatoms. The van der Waals surface area contributed by atoms with Crippen molar-refractivity contribution in [3.8, 4) is 11.1 Å². The smallest absolute Gasteiger partial charge is 0.159 e. The summed E-state index contributed by atoms with van der Waals surface area (Å²) >= 11 is 0. The SMILES string of the molecule is CS(=O)(=O)CCC(Nc1ccc(C=C(Cn2ccnc2)c2ccc(F)cc2)cc1-c1ccc(F)cc1)C(=O)Cc1ccccc1. The second-order valence-electron chi connectivity index (χ2n) is 11.0. The zero-order valence-electron chi connectivity index (χ0n) is 24.7. The highest BCUT2D eigenvalue weighted by molar-refractivity contribution is 7.90. The van der Waals surface area contributed by atoms with E-state index in [-0.39, 0.29) is 36.0 Å². The predicted octanol–water partition coefficient (Wildman–Crippen LogP) is 7.10. The molecule has 0 radical (unpaired) electrons. The lowest BCUT2D eigenvalue weighted by atomic mass is 9.96. The summed E-state index contributed by atoms with van der Waals surface area (Å²) in [5.41, 5.74) is 5.43. The van der Waals surface area contributed by atoms with Crippen molar-refractivity contribution in [2.45, 2.75) is 25.4 Å². The topological polar surface area (TPSA) is 81.1 Å². The van der Waals surface area contributed by atoms with Gasteiger partial charge in [-0.05, 0) is 76.7 Å². The van der Waals surface area contributed by atoms with Gasteiger partial charge in [0.15, 0.2) is 5.78 Å². The van der Waals surface area contributed by atoms with Gasteiger partial charge in [-0.2, -0.15) is 0 Å². The first-order valence-corrected chi connectivity index (χ1v) is 16.5. The van der Waals surface area contributed by atoms with E-state index in [1.807, 2.05) is 65.4 Å². The molecule has 5 rings (SSSR count). The molecule has 1 atom stereocenters. The number of allylic oxidation sites excluding steroid dienone is 1. The van der Waals surface area contributed by atoms with Crippen molar-refractivity contribution in [3.63, 3.8) is 0 Å². The van der Waals surface area contributed by atoms with E-state index in [9.17, 15) is 22.0 Å². The second-order valence-corrected chi connectivity index (χ2v) is 13.2. The summed E-state index contributed by atoms with van der Waals surface area (Å²) in [7, 11) is -3.33. The Labute approximate surface area is 262 Å². The Hall–Kier alpha value is -4.89. The molecule has 0 aliphatic carbocycles. The quantitative estimate of drug-likeness (QED) is 0.141. The molecule has 0 saturated heterocycles. The van der Waals surface area contributed by atoms with Crippen LogP contribution in [0.4, 0.5) is 14.5 Å². The van der Waals surface area contributed by atoms with Crippen LogP contribution in [-0.4, -0.2) is 41.8 Å². The number of imidazole rings is 1. The Bertz CT molecular complexity index is 1870. The molecule has 0 aliphatic rings. The summed E-state index contributed by atoms with van der Waals surface area (Å²) in [6.45, 7) is 0.485. The monoisotopic (exact) mass is 625 g/mol. The van der Waals surface area contributed by atoms with Crippen molar-refractivity contribution in [2.75, 3.05) is 17.3 Å². The Kier molecular flexibility index (Phi) is 9.99. The molecule has 0 amide bonds. The number of nitrogens with one attached hydrogen (secondary N) is 1. The maximum absolute atomic E-state index is 13.9. The molecule has 6 nitrogen and oxygen atoms in total. The van der Waals surface area contributed by atoms with Gasteiger partial charge in [0.1, 0.15) is 21.5 Å². The van der Waals surface area contributed by atoms with Gasteiger partial charge in [0.25, 0.3) is 0 Å². The number of rotatable bonds is 13. The Morgan fingerprint density at radius 1 is 0.933 bits per heavy atom. The minimum Gasteiger partial charge on any atom is -0.375 e. The Balaban J connectivity index is 1.54. The fourth-order valence-electron chi connectivity index (χ4n) is 5.06. The lowest BCUT2D eigenvalue weighted by Crippen LogP contribution is -2.33. The number of Topliss-reactive ketones (excluding diaryl/α,β-unsaturated/α-hetero) is 1. The van der Waals surface area contributed by atoms with E-state index >= 15 is 0 Å². The number of carbonyl (C=O) groups excluding carboxylic acids is 1. The first-order valence-electron chi connectivity index (χ1n) is 14.5. The van der Waals surface area contributed by atoms with Gasteiger partial charge in [-0.15, -0.1) is 0 Å². The molecular weight excluding hydrogens is 592 g/mol. The molecule has 0 fully saturated rings. The number of sulfone groups is 1. The lowest BCUT2D eigenvalue weighted by Gasteiger charge is -2.22. The van der Waals surface area contributed by atoms with Gasteiger partial charge in [-0.3, -0.25) is 4.79 Å². The average molecular weight is 626 g/mol. The molecule has 45 heavy (non-hydrogen) atoms. The lowest BCUT2D eigenvalue weighted by molar-refractivity contribution is -0.119. The Morgan fingerprint density at radius 3 is 2.27 bits per heavy atom. The molecule has 4 aromatic carbocycles. The standard InChI is InChI=1S/C36H33F2N3O3S/c1-45(43,44)20-17-35(36(42)23-26-5-3-2-4-6-26)40-34-16-7-27(22-33(34)29-10-14-32(38)15-11-29)21-30(24-41-19-18-39-25-41)28-8-12-31(37)13-9-28/h2-16,18-19,21-22,25,35,40H,17,20,23-24H2,1H3. The molecule has 0 aliphatic heterocycles. The summed E-state index contributed by atoms with van der Waals surface area (Å²) < 4.78 is 53.7. The fraction of sp³-hybridized carbons (Fsp3) is 0.167. The minimum atomic E-state index is -3.33. The molecule has 230 valence electrons. The van der Waals surface area contributed by atoms with Crippen LogP contribution >= 0.6 is 0 Å². The van der Waals surface area contributed by atoms with Crippen molar-refractivity contribution < 1.29 is 22.0 Å². The molecule has 1 aromatic heterocycles. The molecule has 1 unspecified atom stereocenters. The largest absolute Gasteiger partial charge is 0.375 e. The van der Waals surface area contributed by atoms with Crippen molar-refractivity contribution >= 4 is 33.0 Å². The summed E-state index contributed by atoms with van der Waals surface area (Å²) in [5, 5.41) is 3.33. The molecule has 1 heterocycles. The third kappa shape index (κ3) is 9.06. The van der Waals surface area contributed by atoms with Crippen LogP contribution in [0, 0.1) is 11.6 Å². The van der Waals surface area contributed by atoms with Gasteiger partial charge >= 0.3 is 0 Å². The van der Waals surface area contributed by atoms with Gasteiger partial charge in [0.05, 0.1) is 18.1 Å². The van der Waals surface area contributed by atoms with Gasteiger partial charge < -0.3 is 9.88 Å². The molecule has 5 aromatic rings. The zero-order chi connectivity index (χ0) is 31.8. The number of carbonyl (C=O) groups is 1. The predicted molar refractivity (Wildman–Crippen MR) is 175 cm³/mol. The van der Waals surface area contributed by atoms with Gasteiger partial charge in [-0.1, -0.05) is 60.7 Å². The number of hydrogen-bond donors (Lipinski definition) is 1. The molecule has 1 N–H and O–H groups in total. The van der Waals surface area contributed by atoms with Crippen molar-refractivity contribution in [1.82, 2.24) is 9.55 Å². The van der Waals surface area contributed by atoms with Crippen LogP contribution in [0.15, 0.2) is 116 Å². The highest BCUT2D eigenvalue weighted by Crippen LogP contribution is 2.32. The number of aromatic nitrogens is 2. The summed E-state index contributed by atoms with van der Waals surface area (Å²) in [5.74, 6) is -1.01. The number of benzene rings is 4.